The molecule has 2 heterocycles. The van der Waals surface area contributed by atoms with Crippen molar-refractivity contribution in [1.29, 1.82) is 0 Å². The fourth-order valence-electron chi connectivity index (χ4n) is 4.12. The first-order chi connectivity index (χ1) is 14.0. The summed E-state index contributed by atoms with van der Waals surface area (Å²) in [5.74, 6) is -4.80. The van der Waals surface area contributed by atoms with E-state index >= 15 is 0 Å². The van der Waals surface area contributed by atoms with Gasteiger partial charge in [0.05, 0.1) is 24.5 Å². The molecule has 0 radical (unpaired) electrons. The van der Waals surface area contributed by atoms with E-state index in [1.807, 2.05) is 0 Å². The van der Waals surface area contributed by atoms with Crippen LogP contribution < -0.4 is 11.1 Å². The number of carbonyl (C=O) groups excluding carboxylic acids is 2. The summed E-state index contributed by atoms with van der Waals surface area (Å²) in [4.78, 5) is 61.8. The zero-order valence-electron chi connectivity index (χ0n) is 16.7. The molecule has 2 amide bonds. The quantitative estimate of drug-likeness (QED) is 0.282. The number of rotatable bonds is 9. The molecule has 0 saturated carbocycles. The van der Waals surface area contributed by atoms with Crippen LogP contribution in [0.15, 0.2) is 0 Å². The summed E-state index contributed by atoms with van der Waals surface area (Å²) in [6, 6.07) is -5.32. The molecule has 0 unspecified atom stereocenters. The van der Waals surface area contributed by atoms with Crippen molar-refractivity contribution in [2.45, 2.75) is 69.2 Å². The molecule has 30 heavy (non-hydrogen) atoms. The number of nitrogens with one attached hydrogen (secondary N) is 1. The topological polar surface area (TPSA) is 191 Å². The van der Waals surface area contributed by atoms with Gasteiger partial charge in [0.1, 0.15) is 12.1 Å². The Labute approximate surface area is 173 Å². The highest BCUT2D eigenvalue weighted by molar-refractivity contribution is 5.89. The van der Waals surface area contributed by atoms with Crippen LogP contribution in [0.1, 0.15) is 39.0 Å². The number of amides is 2. The van der Waals surface area contributed by atoms with E-state index < -0.39 is 66.4 Å². The Kier molecular flexibility index (Phi) is 7.73. The molecule has 2 saturated heterocycles. The van der Waals surface area contributed by atoms with Crippen LogP contribution in [0.25, 0.3) is 0 Å². The third-order valence-electron chi connectivity index (χ3n) is 5.57. The van der Waals surface area contributed by atoms with Crippen LogP contribution in [-0.2, 0) is 24.0 Å². The van der Waals surface area contributed by atoms with E-state index in [2.05, 4.69) is 5.32 Å². The van der Waals surface area contributed by atoms with E-state index in [9.17, 15) is 34.2 Å². The Morgan fingerprint density at radius 2 is 1.60 bits per heavy atom. The van der Waals surface area contributed by atoms with E-state index in [0.29, 0.717) is 25.7 Å². The van der Waals surface area contributed by atoms with Gasteiger partial charge in [0.25, 0.3) is 0 Å². The monoisotopic (exact) mass is 428 g/mol. The number of hydrogen-bond donors (Lipinski definition) is 5. The molecule has 6 N–H and O–H groups in total. The average Bonchev–Trinajstić information content (AvgIpc) is 3.33. The molecule has 0 aromatic rings. The zero-order valence-corrected chi connectivity index (χ0v) is 16.7. The van der Waals surface area contributed by atoms with Gasteiger partial charge in [-0.05, 0) is 32.6 Å². The van der Waals surface area contributed by atoms with Crippen LogP contribution in [-0.4, -0.2) is 98.1 Å². The molecule has 168 valence electrons. The predicted octanol–water partition coefficient (Wildman–Crippen LogP) is -1.71. The summed E-state index contributed by atoms with van der Waals surface area (Å²) in [5.41, 5.74) is 5.66. The highest BCUT2D eigenvalue weighted by Gasteiger charge is 2.42. The van der Waals surface area contributed by atoms with Gasteiger partial charge in [-0.15, -0.1) is 0 Å². The van der Waals surface area contributed by atoms with E-state index in [1.165, 1.54) is 16.7 Å². The van der Waals surface area contributed by atoms with Crippen LogP contribution in [0.2, 0.25) is 0 Å². The molecule has 0 aliphatic carbocycles. The molecule has 2 rings (SSSR count). The van der Waals surface area contributed by atoms with Crippen molar-refractivity contribution in [2.24, 2.45) is 5.73 Å². The Morgan fingerprint density at radius 3 is 2.17 bits per heavy atom. The van der Waals surface area contributed by atoms with E-state index in [4.69, 9.17) is 10.8 Å². The lowest BCUT2D eigenvalue weighted by atomic mass is 10.0. The van der Waals surface area contributed by atoms with E-state index in [-0.39, 0.29) is 13.1 Å². The summed E-state index contributed by atoms with van der Waals surface area (Å²) >= 11 is 0. The third kappa shape index (κ3) is 5.25. The molecule has 12 heteroatoms. The van der Waals surface area contributed by atoms with Gasteiger partial charge in [-0.3, -0.25) is 24.5 Å². The SMILES string of the molecule is C[C@H](N[C@H](C(=O)O)[C@@H]1CCCN1C(=O)[C@@H](N)CC(=O)O)C(=O)N1CCC[C@H]1C(=O)O. The minimum Gasteiger partial charge on any atom is -0.481 e. The first-order valence-electron chi connectivity index (χ1n) is 9.84. The first kappa shape index (κ1) is 23.5. The van der Waals surface area contributed by atoms with Gasteiger partial charge in [-0.25, -0.2) is 4.79 Å². The Balaban J connectivity index is 2.11. The maximum atomic E-state index is 12.7. The third-order valence-corrected chi connectivity index (χ3v) is 5.57. The van der Waals surface area contributed by atoms with Crippen LogP contribution in [0, 0.1) is 0 Å². The van der Waals surface area contributed by atoms with Crippen molar-refractivity contribution in [3.63, 3.8) is 0 Å². The summed E-state index contributed by atoms with van der Waals surface area (Å²) in [7, 11) is 0. The number of carboxylic acids is 3. The Morgan fingerprint density at radius 1 is 1.00 bits per heavy atom. The molecular weight excluding hydrogens is 400 g/mol. The number of nitrogens with zero attached hydrogens (tertiary/aromatic N) is 2. The molecular formula is C18H28N4O8. The van der Waals surface area contributed by atoms with Crippen molar-refractivity contribution >= 4 is 29.7 Å². The van der Waals surface area contributed by atoms with Crippen LogP contribution in [0.5, 0.6) is 0 Å². The second kappa shape index (κ2) is 9.85. The number of aliphatic carboxylic acids is 3. The molecule has 2 aliphatic rings. The molecule has 0 aromatic carbocycles. The van der Waals surface area contributed by atoms with Crippen molar-refractivity contribution in [3.05, 3.63) is 0 Å². The van der Waals surface area contributed by atoms with Crippen molar-refractivity contribution in [2.75, 3.05) is 13.1 Å². The van der Waals surface area contributed by atoms with Crippen molar-refractivity contribution < 1.29 is 39.3 Å². The molecule has 2 fully saturated rings. The second-order valence-corrected chi connectivity index (χ2v) is 7.68. The normalized spacial score (nSPS) is 24.3. The summed E-state index contributed by atoms with van der Waals surface area (Å²) in [6.45, 7) is 1.96. The van der Waals surface area contributed by atoms with E-state index in [0.717, 1.165) is 0 Å². The standard InChI is InChI=1S/C18H28N4O8/c1-9(15(25)22-7-3-5-12(22)17(27)28)20-14(18(29)30)11-4-2-6-21(11)16(26)10(19)8-13(23)24/h9-12,14,20H,2-8,19H2,1H3,(H,23,24)(H,27,28)(H,29,30)/t9-,10-,11-,12-,14-/m0/s1. The minimum absolute atomic E-state index is 0.234. The number of nitrogens with two attached hydrogens (primary N) is 1. The minimum atomic E-state index is -1.29. The van der Waals surface area contributed by atoms with Gasteiger partial charge in [0.2, 0.25) is 11.8 Å². The fourth-order valence-corrected chi connectivity index (χ4v) is 4.12. The summed E-state index contributed by atoms with van der Waals surface area (Å²) in [6.07, 6.45) is 1.16. The zero-order chi connectivity index (χ0) is 22.6. The lowest BCUT2D eigenvalue weighted by molar-refractivity contribution is -0.150. The van der Waals surface area contributed by atoms with Crippen LogP contribution in [0.3, 0.4) is 0 Å². The maximum absolute atomic E-state index is 12.7. The lowest BCUT2D eigenvalue weighted by Crippen LogP contribution is -2.60. The number of hydrogen-bond acceptors (Lipinski definition) is 7. The van der Waals surface area contributed by atoms with Crippen molar-refractivity contribution in [1.82, 2.24) is 15.1 Å². The van der Waals surface area contributed by atoms with Crippen molar-refractivity contribution in [3.8, 4) is 0 Å². The molecule has 2 aliphatic heterocycles. The fraction of sp³-hybridized carbons (Fsp3) is 0.722. The van der Waals surface area contributed by atoms with Gasteiger partial charge in [0.15, 0.2) is 0 Å². The average molecular weight is 428 g/mol. The number of carboxylic acid groups (broad SMARTS) is 3. The Hall–Kier alpha value is -2.73. The Bertz CT molecular complexity index is 714. The van der Waals surface area contributed by atoms with Gasteiger partial charge < -0.3 is 30.9 Å². The lowest BCUT2D eigenvalue weighted by Gasteiger charge is -2.33. The number of likely N-dealkylation sites (tertiary alicyclic amines) is 2. The maximum Gasteiger partial charge on any atom is 0.326 e. The molecule has 0 aromatic heterocycles. The highest BCUT2D eigenvalue weighted by Crippen LogP contribution is 2.23. The van der Waals surface area contributed by atoms with Gasteiger partial charge in [-0.2, -0.15) is 0 Å². The predicted molar refractivity (Wildman–Crippen MR) is 101 cm³/mol. The largest absolute Gasteiger partial charge is 0.481 e. The number of carbonyl (C=O) groups is 5. The first-order valence-corrected chi connectivity index (χ1v) is 9.84. The smallest absolute Gasteiger partial charge is 0.326 e. The molecule has 0 spiro atoms. The van der Waals surface area contributed by atoms with Crippen LogP contribution in [0.4, 0.5) is 0 Å². The molecule has 5 atom stereocenters. The van der Waals surface area contributed by atoms with Gasteiger partial charge >= 0.3 is 17.9 Å². The second-order valence-electron chi connectivity index (χ2n) is 7.68. The van der Waals surface area contributed by atoms with Crippen LogP contribution >= 0.6 is 0 Å². The summed E-state index contributed by atoms with van der Waals surface area (Å²) < 4.78 is 0. The molecule has 0 bridgehead atoms. The van der Waals surface area contributed by atoms with Gasteiger partial charge in [-0.1, -0.05) is 0 Å². The molecule has 12 nitrogen and oxygen atoms in total. The highest BCUT2D eigenvalue weighted by atomic mass is 16.4. The van der Waals surface area contributed by atoms with Gasteiger partial charge in [0, 0.05) is 13.1 Å². The van der Waals surface area contributed by atoms with E-state index in [1.54, 1.807) is 0 Å². The summed E-state index contributed by atoms with van der Waals surface area (Å²) in [5, 5.41) is 30.5.